The second-order valence-electron chi connectivity index (χ2n) is 7.43. The molecule has 1 aromatic rings. The first-order chi connectivity index (χ1) is 10.2. The van der Waals surface area contributed by atoms with E-state index in [4.69, 9.17) is 0 Å². The van der Waals surface area contributed by atoms with Gasteiger partial charge in [0.2, 0.25) is 0 Å². The maximum Gasteiger partial charge on any atom is 0.102 e. The van der Waals surface area contributed by atoms with Gasteiger partial charge in [0, 0.05) is 19.3 Å². The standard InChI is InChI=1S/C18H23IO2S/c1-16(2)13-9-10-17(16,3)18(20,11-13)15(19)12-22(21)14-7-5-4-6-8-14/h4-8,12-13,20H,9-11H2,1-3H3/b15-12+/t13-,17-,18+,22-/m1/s1. The number of fused-ring (bicyclic) bond motifs is 2. The third kappa shape index (κ3) is 2.17. The molecule has 2 nitrogen and oxygen atoms in total. The summed E-state index contributed by atoms with van der Waals surface area (Å²) < 4.78 is 13.4. The van der Waals surface area contributed by atoms with Gasteiger partial charge in [0.05, 0.1) is 10.8 Å². The van der Waals surface area contributed by atoms with Gasteiger partial charge >= 0.3 is 0 Å². The van der Waals surface area contributed by atoms with Gasteiger partial charge in [-0.1, -0.05) is 39.0 Å². The molecule has 4 heteroatoms. The van der Waals surface area contributed by atoms with Gasteiger partial charge in [0.25, 0.3) is 0 Å². The molecule has 1 N–H and O–H groups in total. The number of halogens is 1. The molecule has 0 saturated heterocycles. The van der Waals surface area contributed by atoms with E-state index in [0.29, 0.717) is 5.92 Å². The summed E-state index contributed by atoms with van der Waals surface area (Å²) >= 11 is 2.21. The molecule has 0 aromatic heterocycles. The van der Waals surface area contributed by atoms with Gasteiger partial charge in [-0.2, -0.15) is 0 Å². The Labute approximate surface area is 149 Å². The summed E-state index contributed by atoms with van der Waals surface area (Å²) in [6, 6.07) is 9.44. The zero-order valence-electron chi connectivity index (χ0n) is 13.3. The monoisotopic (exact) mass is 430 g/mol. The van der Waals surface area contributed by atoms with Crippen molar-refractivity contribution in [3.8, 4) is 0 Å². The highest BCUT2D eigenvalue weighted by molar-refractivity contribution is 14.1. The van der Waals surface area contributed by atoms with E-state index in [0.717, 1.165) is 21.3 Å². The minimum Gasteiger partial charge on any atom is -0.384 e. The van der Waals surface area contributed by atoms with E-state index in [2.05, 4.69) is 43.4 Å². The first-order valence-electron chi connectivity index (χ1n) is 7.78. The summed E-state index contributed by atoms with van der Waals surface area (Å²) in [5.41, 5.74) is -0.858. The Morgan fingerprint density at radius 3 is 2.45 bits per heavy atom. The lowest BCUT2D eigenvalue weighted by Gasteiger charge is -2.45. The van der Waals surface area contributed by atoms with Crippen molar-refractivity contribution in [2.75, 3.05) is 0 Å². The minimum absolute atomic E-state index is 0.125. The molecule has 1 aromatic carbocycles. The van der Waals surface area contributed by atoms with Gasteiger partial charge in [-0.25, -0.2) is 4.21 Å². The van der Waals surface area contributed by atoms with E-state index in [1.165, 1.54) is 6.42 Å². The molecule has 120 valence electrons. The SMILES string of the molecule is CC1(C)[C@@H]2CC[C@@]1(C)[C@@](O)(/C(I)=C\[S@@](=O)c1ccccc1)C2. The summed E-state index contributed by atoms with van der Waals surface area (Å²) in [6.07, 6.45) is 3.02. The molecule has 2 bridgehead atoms. The predicted molar refractivity (Wildman–Crippen MR) is 99.1 cm³/mol. The van der Waals surface area contributed by atoms with Crippen molar-refractivity contribution in [2.45, 2.75) is 50.5 Å². The highest BCUT2D eigenvalue weighted by Crippen LogP contribution is 2.71. The Morgan fingerprint density at radius 2 is 1.95 bits per heavy atom. The maximum atomic E-state index is 12.5. The topological polar surface area (TPSA) is 37.3 Å². The zero-order valence-corrected chi connectivity index (χ0v) is 16.3. The molecule has 0 spiro atoms. The summed E-state index contributed by atoms with van der Waals surface area (Å²) in [5.74, 6) is 0.547. The van der Waals surface area contributed by atoms with E-state index < -0.39 is 16.4 Å². The fourth-order valence-electron chi connectivity index (χ4n) is 4.45. The first kappa shape index (κ1) is 16.7. The molecule has 0 heterocycles. The van der Waals surface area contributed by atoms with Gasteiger partial charge in [0.15, 0.2) is 0 Å². The number of hydrogen-bond acceptors (Lipinski definition) is 2. The van der Waals surface area contributed by atoms with Crippen LogP contribution >= 0.6 is 22.6 Å². The van der Waals surface area contributed by atoms with Crippen molar-refractivity contribution in [3.05, 3.63) is 39.3 Å². The molecule has 0 unspecified atom stereocenters. The normalized spacial score (nSPS) is 38.2. The van der Waals surface area contributed by atoms with Crippen molar-refractivity contribution in [1.29, 1.82) is 0 Å². The van der Waals surface area contributed by atoms with E-state index in [9.17, 15) is 9.32 Å². The first-order valence-corrected chi connectivity index (χ1v) is 10.1. The maximum absolute atomic E-state index is 12.5. The second-order valence-corrected chi connectivity index (χ2v) is 9.89. The average Bonchev–Trinajstić information content (AvgIpc) is 2.80. The van der Waals surface area contributed by atoms with Crippen LogP contribution in [0.2, 0.25) is 0 Å². The second kappa shape index (κ2) is 5.42. The van der Waals surface area contributed by atoms with Crippen molar-refractivity contribution in [3.63, 3.8) is 0 Å². The molecule has 2 saturated carbocycles. The van der Waals surface area contributed by atoms with Crippen LogP contribution in [0, 0.1) is 16.7 Å². The fourth-order valence-corrected chi connectivity index (χ4v) is 6.90. The summed E-state index contributed by atoms with van der Waals surface area (Å²) in [6.45, 7) is 6.76. The lowest BCUT2D eigenvalue weighted by Crippen LogP contribution is -2.47. The molecule has 22 heavy (non-hydrogen) atoms. The average molecular weight is 430 g/mol. The van der Waals surface area contributed by atoms with Crippen LogP contribution in [0.15, 0.2) is 44.2 Å². The quantitative estimate of drug-likeness (QED) is 0.709. The van der Waals surface area contributed by atoms with Crippen LogP contribution in [0.4, 0.5) is 0 Å². The summed E-state index contributed by atoms with van der Waals surface area (Å²) in [4.78, 5) is 0.785. The third-order valence-electron chi connectivity index (χ3n) is 6.47. The molecule has 0 radical (unpaired) electrons. The van der Waals surface area contributed by atoms with Crippen LogP contribution in [0.1, 0.15) is 40.0 Å². The molecule has 3 rings (SSSR count). The van der Waals surface area contributed by atoms with Crippen molar-refractivity contribution >= 4 is 33.4 Å². The van der Waals surface area contributed by atoms with Gasteiger partial charge in [-0.15, -0.1) is 0 Å². The smallest absolute Gasteiger partial charge is 0.102 e. The van der Waals surface area contributed by atoms with Gasteiger partial charge in [-0.05, 0) is 65.3 Å². The predicted octanol–water partition coefficient (Wildman–Crippen LogP) is 4.65. The fraction of sp³-hybridized carbons (Fsp3) is 0.556. The molecule has 4 atom stereocenters. The number of hydrogen-bond donors (Lipinski definition) is 1. The minimum atomic E-state index is -1.21. The molecule has 0 amide bonds. The Morgan fingerprint density at radius 1 is 1.32 bits per heavy atom. The third-order valence-corrected chi connectivity index (χ3v) is 9.28. The molecule has 2 aliphatic rings. The van der Waals surface area contributed by atoms with E-state index in [1.54, 1.807) is 5.41 Å². The van der Waals surface area contributed by atoms with Gasteiger partial charge in [0.1, 0.15) is 5.60 Å². The van der Waals surface area contributed by atoms with Crippen LogP contribution in [-0.2, 0) is 10.8 Å². The van der Waals surface area contributed by atoms with Crippen LogP contribution < -0.4 is 0 Å². The summed E-state index contributed by atoms with van der Waals surface area (Å²) in [5, 5.41) is 13.2. The van der Waals surface area contributed by atoms with Gasteiger partial charge < -0.3 is 5.11 Å². The lowest BCUT2D eigenvalue weighted by molar-refractivity contribution is -0.0523. The van der Waals surface area contributed by atoms with Gasteiger partial charge in [-0.3, -0.25) is 0 Å². The Kier molecular flexibility index (Phi) is 4.10. The van der Waals surface area contributed by atoms with Crippen LogP contribution in [0.5, 0.6) is 0 Å². The van der Waals surface area contributed by atoms with Crippen molar-refractivity contribution in [2.24, 2.45) is 16.7 Å². The van der Waals surface area contributed by atoms with E-state index in [-0.39, 0.29) is 10.8 Å². The number of rotatable bonds is 3. The zero-order chi connectivity index (χ0) is 16.2. The Bertz CT molecular complexity index is 640. The van der Waals surface area contributed by atoms with E-state index >= 15 is 0 Å². The molecular formula is C18H23IO2S. The molecular weight excluding hydrogens is 407 g/mol. The van der Waals surface area contributed by atoms with Crippen LogP contribution in [0.25, 0.3) is 0 Å². The van der Waals surface area contributed by atoms with Crippen LogP contribution in [0.3, 0.4) is 0 Å². The number of benzene rings is 1. The van der Waals surface area contributed by atoms with Crippen molar-refractivity contribution in [1.82, 2.24) is 0 Å². The Balaban J connectivity index is 1.94. The van der Waals surface area contributed by atoms with Crippen molar-refractivity contribution < 1.29 is 9.32 Å². The largest absolute Gasteiger partial charge is 0.384 e. The lowest BCUT2D eigenvalue weighted by atomic mass is 9.64. The highest BCUT2D eigenvalue weighted by atomic mass is 127. The number of aliphatic hydroxyl groups is 1. The molecule has 2 aliphatic carbocycles. The molecule has 2 fully saturated rings. The van der Waals surface area contributed by atoms with Crippen LogP contribution in [-0.4, -0.2) is 14.9 Å². The Hall–Kier alpha value is -0.200. The van der Waals surface area contributed by atoms with E-state index in [1.807, 2.05) is 30.3 Å². The summed E-state index contributed by atoms with van der Waals surface area (Å²) in [7, 11) is -1.21. The molecule has 0 aliphatic heterocycles. The highest BCUT2D eigenvalue weighted by Gasteiger charge is 2.69.